The van der Waals surface area contributed by atoms with Crippen LogP contribution in [0.2, 0.25) is 0 Å². The van der Waals surface area contributed by atoms with Crippen LogP contribution in [0.25, 0.3) is 0 Å². The second-order valence-corrected chi connectivity index (χ2v) is 5.86. The lowest BCUT2D eigenvalue weighted by molar-refractivity contribution is -0.118. The lowest BCUT2D eigenvalue weighted by Crippen LogP contribution is -2.31. The van der Waals surface area contributed by atoms with Crippen molar-refractivity contribution >= 4 is 11.6 Å². The summed E-state index contributed by atoms with van der Waals surface area (Å²) in [4.78, 5) is 14.7. The zero-order chi connectivity index (χ0) is 16.1. The molecule has 0 saturated heterocycles. The van der Waals surface area contributed by atoms with Gasteiger partial charge in [-0.1, -0.05) is 61.9 Å². The zero-order valence-electron chi connectivity index (χ0n) is 13.5. The van der Waals surface area contributed by atoms with Crippen molar-refractivity contribution in [1.29, 1.82) is 0 Å². The van der Waals surface area contributed by atoms with Gasteiger partial charge in [-0.05, 0) is 30.2 Å². The van der Waals surface area contributed by atoms with E-state index < -0.39 is 0 Å². The molecule has 0 aromatic heterocycles. The number of benzene rings is 2. The molecule has 2 aromatic carbocycles. The van der Waals surface area contributed by atoms with Crippen molar-refractivity contribution in [3.8, 4) is 11.8 Å². The Kier molecular flexibility index (Phi) is 4.78. The molecule has 116 valence electrons. The van der Waals surface area contributed by atoms with Crippen molar-refractivity contribution in [2.75, 3.05) is 4.90 Å². The monoisotopic (exact) mass is 303 g/mol. The number of hydrogen-bond acceptors (Lipinski definition) is 1. The molecule has 0 atom stereocenters. The fraction of sp³-hybridized carbons (Fsp3) is 0.286. The topological polar surface area (TPSA) is 20.3 Å². The number of carbonyl (C=O) groups excluding carboxylic acids is 1. The third kappa shape index (κ3) is 3.46. The Bertz CT molecular complexity index is 767. The number of rotatable bonds is 4. The first-order chi connectivity index (χ1) is 11.3. The lowest BCUT2D eigenvalue weighted by atomic mass is 10.0. The van der Waals surface area contributed by atoms with Gasteiger partial charge in [-0.3, -0.25) is 4.79 Å². The summed E-state index contributed by atoms with van der Waals surface area (Å²) < 4.78 is 0. The normalized spacial score (nSPS) is 12.3. The molecule has 0 aliphatic carbocycles. The van der Waals surface area contributed by atoms with Gasteiger partial charge < -0.3 is 4.90 Å². The molecule has 23 heavy (non-hydrogen) atoms. The van der Waals surface area contributed by atoms with E-state index in [1.54, 1.807) is 0 Å². The zero-order valence-corrected chi connectivity index (χ0v) is 13.5. The molecule has 0 spiro atoms. The summed E-state index contributed by atoms with van der Waals surface area (Å²) in [5.74, 6) is 6.66. The highest BCUT2D eigenvalue weighted by Gasteiger charge is 2.20. The fourth-order valence-corrected chi connectivity index (χ4v) is 2.87. The minimum absolute atomic E-state index is 0.185. The highest BCUT2D eigenvalue weighted by Crippen LogP contribution is 2.26. The number of anilines is 1. The van der Waals surface area contributed by atoms with Crippen LogP contribution in [0.5, 0.6) is 0 Å². The molecule has 0 radical (unpaired) electrons. The number of hydrogen-bond donors (Lipinski definition) is 0. The van der Waals surface area contributed by atoms with E-state index in [2.05, 4.69) is 24.8 Å². The van der Waals surface area contributed by atoms with Crippen molar-refractivity contribution in [2.24, 2.45) is 0 Å². The molecule has 0 fully saturated rings. The Morgan fingerprint density at radius 2 is 1.70 bits per heavy atom. The molecule has 0 saturated carbocycles. The molecular weight excluding hydrogens is 282 g/mol. The minimum atomic E-state index is 0.185. The number of para-hydroxylation sites is 1. The van der Waals surface area contributed by atoms with Gasteiger partial charge in [0.2, 0.25) is 5.91 Å². The van der Waals surface area contributed by atoms with Gasteiger partial charge in [0.1, 0.15) is 0 Å². The maximum Gasteiger partial charge on any atom is 0.227 e. The maximum atomic E-state index is 12.8. The molecule has 3 rings (SSSR count). The maximum absolute atomic E-state index is 12.8. The highest BCUT2D eigenvalue weighted by atomic mass is 16.2. The number of unbranched alkanes of at least 4 members (excludes halogenated alkanes) is 2. The van der Waals surface area contributed by atoms with Gasteiger partial charge in [0.15, 0.2) is 0 Å². The Hall–Kier alpha value is -2.53. The standard InChI is InChI=1S/C21H21NO/c1-2-3-4-13-21(23)22-16-19-11-6-5-9-17(19)14-15-18-10-7-8-12-20(18)22/h5-12H,2-4,13,16H2,1H3. The van der Waals surface area contributed by atoms with E-state index in [0.717, 1.165) is 41.6 Å². The van der Waals surface area contributed by atoms with Crippen LogP contribution in [0.3, 0.4) is 0 Å². The number of carbonyl (C=O) groups is 1. The summed E-state index contributed by atoms with van der Waals surface area (Å²) in [7, 11) is 0. The quantitative estimate of drug-likeness (QED) is 0.601. The molecule has 0 bridgehead atoms. The van der Waals surface area contributed by atoms with Gasteiger partial charge >= 0.3 is 0 Å². The fourth-order valence-electron chi connectivity index (χ4n) is 2.87. The second kappa shape index (κ2) is 7.15. The van der Waals surface area contributed by atoms with E-state index in [0.29, 0.717) is 13.0 Å². The first kappa shape index (κ1) is 15.4. The summed E-state index contributed by atoms with van der Waals surface area (Å²) in [6.45, 7) is 2.74. The highest BCUT2D eigenvalue weighted by molar-refractivity contribution is 5.95. The van der Waals surface area contributed by atoms with Crippen LogP contribution in [-0.2, 0) is 11.3 Å². The summed E-state index contributed by atoms with van der Waals surface area (Å²) in [5.41, 5.74) is 3.97. The summed E-state index contributed by atoms with van der Waals surface area (Å²) in [5, 5.41) is 0. The van der Waals surface area contributed by atoms with Gasteiger partial charge in [0.25, 0.3) is 0 Å². The Labute approximate surface area is 138 Å². The summed E-state index contributed by atoms with van der Waals surface area (Å²) in [6, 6.07) is 16.0. The predicted molar refractivity (Wildman–Crippen MR) is 94.2 cm³/mol. The SMILES string of the molecule is CCCCCC(=O)N1Cc2ccccc2C#Cc2ccccc21. The van der Waals surface area contributed by atoms with Gasteiger partial charge in [0, 0.05) is 17.5 Å². The minimum Gasteiger partial charge on any atom is -0.307 e. The molecule has 1 heterocycles. The van der Waals surface area contributed by atoms with Gasteiger partial charge in [-0.2, -0.15) is 0 Å². The number of nitrogens with zero attached hydrogens (tertiary/aromatic N) is 1. The molecule has 0 N–H and O–H groups in total. The van der Waals surface area contributed by atoms with E-state index in [4.69, 9.17) is 0 Å². The first-order valence-corrected chi connectivity index (χ1v) is 8.29. The third-order valence-corrected chi connectivity index (χ3v) is 4.17. The van der Waals surface area contributed by atoms with Crippen LogP contribution in [0, 0.1) is 11.8 Å². The van der Waals surface area contributed by atoms with Crippen molar-refractivity contribution < 1.29 is 4.79 Å². The van der Waals surface area contributed by atoms with Crippen LogP contribution >= 0.6 is 0 Å². The smallest absolute Gasteiger partial charge is 0.227 e. The van der Waals surface area contributed by atoms with Crippen LogP contribution in [-0.4, -0.2) is 5.91 Å². The molecule has 2 heteroatoms. The van der Waals surface area contributed by atoms with E-state index in [9.17, 15) is 4.79 Å². The van der Waals surface area contributed by atoms with Crippen LogP contribution in [0.1, 0.15) is 49.3 Å². The van der Waals surface area contributed by atoms with Gasteiger partial charge in [-0.15, -0.1) is 0 Å². The van der Waals surface area contributed by atoms with Crippen molar-refractivity contribution in [3.63, 3.8) is 0 Å². The summed E-state index contributed by atoms with van der Waals surface area (Å²) in [6.07, 6.45) is 3.76. The first-order valence-electron chi connectivity index (χ1n) is 8.29. The van der Waals surface area contributed by atoms with Crippen LogP contribution < -0.4 is 4.90 Å². The van der Waals surface area contributed by atoms with Gasteiger partial charge in [0.05, 0.1) is 12.2 Å². The van der Waals surface area contributed by atoms with Gasteiger partial charge in [-0.25, -0.2) is 0 Å². The van der Waals surface area contributed by atoms with E-state index in [1.807, 2.05) is 47.4 Å². The van der Waals surface area contributed by atoms with E-state index in [-0.39, 0.29) is 5.91 Å². The third-order valence-electron chi connectivity index (χ3n) is 4.17. The van der Waals surface area contributed by atoms with Crippen molar-refractivity contribution in [2.45, 2.75) is 39.2 Å². The largest absolute Gasteiger partial charge is 0.307 e. The van der Waals surface area contributed by atoms with Crippen molar-refractivity contribution in [1.82, 2.24) is 0 Å². The molecule has 1 aliphatic rings. The number of fused-ring (bicyclic) bond motifs is 2. The Morgan fingerprint density at radius 3 is 2.52 bits per heavy atom. The van der Waals surface area contributed by atoms with Crippen LogP contribution in [0.15, 0.2) is 48.5 Å². The Morgan fingerprint density at radius 1 is 1.00 bits per heavy atom. The predicted octanol–water partition coefficient (Wildman–Crippen LogP) is 4.51. The average Bonchev–Trinajstić information content (AvgIpc) is 2.57. The van der Waals surface area contributed by atoms with Crippen LogP contribution in [0.4, 0.5) is 5.69 Å². The van der Waals surface area contributed by atoms with E-state index in [1.165, 1.54) is 0 Å². The molecular formula is C21H21NO. The molecule has 1 amide bonds. The molecule has 2 aromatic rings. The van der Waals surface area contributed by atoms with Crippen molar-refractivity contribution in [3.05, 3.63) is 65.2 Å². The van der Waals surface area contributed by atoms with E-state index >= 15 is 0 Å². The second-order valence-electron chi connectivity index (χ2n) is 5.86. The average molecular weight is 303 g/mol. The molecule has 0 unspecified atom stereocenters. The molecule has 2 nitrogen and oxygen atoms in total. The number of amides is 1. The lowest BCUT2D eigenvalue weighted by Gasteiger charge is -2.26. The summed E-state index contributed by atoms with van der Waals surface area (Å²) >= 11 is 0. The molecule has 1 aliphatic heterocycles. The Balaban J connectivity index is 1.99.